The van der Waals surface area contributed by atoms with Crippen molar-refractivity contribution in [2.75, 3.05) is 6.54 Å². The van der Waals surface area contributed by atoms with Crippen LogP contribution in [0.5, 0.6) is 0 Å². The standard InChI is InChI=1S/C46H31N3/c47-27-37-41(29-15-3-1-4-16-29)46(49-39-25-13-11-21-33(39)34-22-12-14-26-40(34)49)42(30-17-5-2-6-18-30)45(38-28-48-38)44(37)43-35-23-9-7-19-31(35)32-20-8-10-24-36(32)43/h1-26,38,43,48H,28H2. The second-order valence-corrected chi connectivity index (χ2v) is 13.1. The van der Waals surface area contributed by atoms with E-state index < -0.39 is 0 Å². The van der Waals surface area contributed by atoms with Crippen molar-refractivity contribution in [3.8, 4) is 45.1 Å². The molecule has 10 rings (SSSR count). The van der Waals surface area contributed by atoms with Crippen molar-refractivity contribution < 1.29 is 0 Å². The maximum atomic E-state index is 11.6. The Bertz CT molecular complexity index is 2520. The first-order valence-electron chi connectivity index (χ1n) is 17.0. The number of nitrogens with zero attached hydrogens (tertiary/aromatic N) is 2. The van der Waals surface area contributed by atoms with Crippen LogP contribution in [0.4, 0.5) is 0 Å². The molecule has 0 radical (unpaired) electrons. The molecule has 1 atom stereocenters. The van der Waals surface area contributed by atoms with Gasteiger partial charge in [0.15, 0.2) is 0 Å². The molecule has 7 aromatic carbocycles. The number of para-hydroxylation sites is 2. The summed E-state index contributed by atoms with van der Waals surface area (Å²) in [5.74, 6) is -0.0865. The van der Waals surface area contributed by atoms with Crippen molar-refractivity contribution in [2.24, 2.45) is 0 Å². The molecule has 3 nitrogen and oxygen atoms in total. The molecule has 8 aromatic rings. The van der Waals surface area contributed by atoms with Gasteiger partial charge in [0.1, 0.15) is 6.07 Å². The highest BCUT2D eigenvalue weighted by atomic mass is 15.1. The van der Waals surface area contributed by atoms with Crippen LogP contribution < -0.4 is 5.32 Å². The lowest BCUT2D eigenvalue weighted by Gasteiger charge is -2.29. The predicted molar refractivity (Wildman–Crippen MR) is 200 cm³/mol. The fourth-order valence-electron chi connectivity index (χ4n) is 8.45. The number of benzene rings is 7. The number of fused-ring (bicyclic) bond motifs is 6. The molecule has 1 unspecified atom stereocenters. The smallest absolute Gasteiger partial charge is 0.100 e. The molecule has 1 aliphatic heterocycles. The van der Waals surface area contributed by atoms with Gasteiger partial charge >= 0.3 is 0 Å². The van der Waals surface area contributed by atoms with Crippen molar-refractivity contribution in [1.29, 1.82) is 5.26 Å². The molecule has 1 fully saturated rings. The lowest BCUT2D eigenvalue weighted by Crippen LogP contribution is -2.14. The Morgan fingerprint density at radius 1 is 0.531 bits per heavy atom. The molecule has 0 amide bonds. The molecule has 2 aliphatic rings. The molecule has 1 aliphatic carbocycles. The first kappa shape index (κ1) is 27.9. The molecule has 2 heterocycles. The Morgan fingerprint density at radius 2 is 1.00 bits per heavy atom. The van der Waals surface area contributed by atoms with Crippen LogP contribution in [-0.2, 0) is 0 Å². The van der Waals surface area contributed by atoms with Gasteiger partial charge in [-0.05, 0) is 56.6 Å². The van der Waals surface area contributed by atoms with Crippen LogP contribution in [0.25, 0.3) is 60.9 Å². The third kappa shape index (κ3) is 4.12. The lowest BCUT2D eigenvalue weighted by atomic mass is 9.76. The lowest BCUT2D eigenvalue weighted by molar-refractivity contribution is 0.941. The van der Waals surface area contributed by atoms with E-state index in [4.69, 9.17) is 0 Å². The Morgan fingerprint density at radius 3 is 1.53 bits per heavy atom. The van der Waals surface area contributed by atoms with Crippen molar-refractivity contribution in [3.63, 3.8) is 0 Å². The van der Waals surface area contributed by atoms with E-state index in [1.165, 1.54) is 44.2 Å². The third-order valence-electron chi connectivity index (χ3n) is 10.5. The molecule has 49 heavy (non-hydrogen) atoms. The molecule has 0 saturated carbocycles. The van der Waals surface area contributed by atoms with Crippen LogP contribution in [0.15, 0.2) is 158 Å². The molecule has 3 heteroatoms. The Kier molecular flexibility index (Phi) is 6.21. The molecule has 1 saturated heterocycles. The van der Waals surface area contributed by atoms with Crippen LogP contribution in [-0.4, -0.2) is 11.1 Å². The van der Waals surface area contributed by atoms with E-state index in [1.54, 1.807) is 0 Å². The van der Waals surface area contributed by atoms with Crippen LogP contribution in [0.2, 0.25) is 0 Å². The molecular formula is C46H31N3. The Hall–Kier alpha value is -6.21. The van der Waals surface area contributed by atoms with Gasteiger partial charge in [-0.3, -0.25) is 0 Å². The molecule has 230 valence electrons. The summed E-state index contributed by atoms with van der Waals surface area (Å²) in [7, 11) is 0. The van der Waals surface area contributed by atoms with Crippen molar-refractivity contribution in [2.45, 2.75) is 12.0 Å². The third-order valence-corrected chi connectivity index (χ3v) is 10.5. The summed E-state index contributed by atoms with van der Waals surface area (Å²) >= 11 is 0. The van der Waals surface area contributed by atoms with Crippen molar-refractivity contribution >= 4 is 21.8 Å². The number of hydrogen-bond donors (Lipinski definition) is 1. The van der Waals surface area contributed by atoms with E-state index in [9.17, 15) is 5.26 Å². The Balaban J connectivity index is 1.47. The van der Waals surface area contributed by atoms with Crippen molar-refractivity contribution in [1.82, 2.24) is 9.88 Å². The van der Waals surface area contributed by atoms with Crippen LogP contribution >= 0.6 is 0 Å². The monoisotopic (exact) mass is 625 g/mol. The maximum absolute atomic E-state index is 11.6. The highest BCUT2D eigenvalue weighted by Crippen LogP contribution is 2.56. The first-order chi connectivity index (χ1) is 24.3. The zero-order chi connectivity index (χ0) is 32.5. The average Bonchev–Trinajstić information content (AvgIpc) is 3.89. The van der Waals surface area contributed by atoms with Gasteiger partial charge in [0, 0.05) is 40.4 Å². The summed E-state index contributed by atoms with van der Waals surface area (Å²) in [5, 5.41) is 17.7. The summed E-state index contributed by atoms with van der Waals surface area (Å²) in [6.07, 6.45) is 0. The molecule has 1 aromatic heterocycles. The fourth-order valence-corrected chi connectivity index (χ4v) is 8.45. The second kappa shape index (κ2) is 10.9. The van der Waals surface area contributed by atoms with Crippen LogP contribution in [0.1, 0.15) is 39.8 Å². The van der Waals surface area contributed by atoms with Gasteiger partial charge in [-0.15, -0.1) is 0 Å². The number of hydrogen-bond acceptors (Lipinski definition) is 2. The SMILES string of the molecule is N#Cc1c(-c2ccccc2)c(-n2c3ccccc3c3ccccc32)c(-c2ccccc2)c(C2CN2)c1C1c2ccccc2-c2ccccc21. The highest BCUT2D eigenvalue weighted by Gasteiger charge is 2.41. The number of nitriles is 1. The molecule has 0 bridgehead atoms. The molecular weight excluding hydrogens is 595 g/mol. The van der Waals surface area contributed by atoms with Gasteiger partial charge in [-0.1, -0.05) is 146 Å². The van der Waals surface area contributed by atoms with Gasteiger partial charge in [0.2, 0.25) is 0 Å². The topological polar surface area (TPSA) is 50.7 Å². The van der Waals surface area contributed by atoms with E-state index in [0.717, 1.165) is 51.1 Å². The summed E-state index contributed by atoms with van der Waals surface area (Å²) < 4.78 is 2.43. The normalized spacial score (nSPS) is 14.9. The van der Waals surface area contributed by atoms with E-state index in [0.29, 0.717) is 0 Å². The fraction of sp³-hybridized carbons (Fsp3) is 0.0652. The number of nitrogens with one attached hydrogen (secondary N) is 1. The predicted octanol–water partition coefficient (Wildman–Crippen LogP) is 10.8. The number of rotatable bonds is 5. The van der Waals surface area contributed by atoms with Crippen molar-refractivity contribution in [3.05, 3.63) is 186 Å². The van der Waals surface area contributed by atoms with E-state index >= 15 is 0 Å². The number of aromatic nitrogens is 1. The second-order valence-electron chi connectivity index (χ2n) is 13.1. The van der Waals surface area contributed by atoms with Gasteiger partial charge in [-0.2, -0.15) is 5.26 Å². The largest absolute Gasteiger partial charge is 0.308 e. The minimum absolute atomic E-state index is 0.0865. The molecule has 0 spiro atoms. The van der Waals surface area contributed by atoms with E-state index in [2.05, 4.69) is 174 Å². The zero-order valence-electron chi connectivity index (χ0n) is 26.8. The quantitative estimate of drug-likeness (QED) is 0.194. The van der Waals surface area contributed by atoms with E-state index in [1.807, 2.05) is 0 Å². The minimum Gasteiger partial charge on any atom is -0.308 e. The maximum Gasteiger partial charge on any atom is 0.100 e. The minimum atomic E-state index is -0.0865. The summed E-state index contributed by atoms with van der Waals surface area (Å²) in [6, 6.07) is 59.2. The highest BCUT2D eigenvalue weighted by molar-refractivity contribution is 6.11. The average molecular weight is 626 g/mol. The van der Waals surface area contributed by atoms with Crippen LogP contribution in [0, 0.1) is 11.3 Å². The summed E-state index contributed by atoms with van der Waals surface area (Å²) in [4.78, 5) is 0. The first-order valence-corrected chi connectivity index (χ1v) is 17.0. The van der Waals surface area contributed by atoms with E-state index in [-0.39, 0.29) is 12.0 Å². The van der Waals surface area contributed by atoms with Gasteiger partial charge in [0.05, 0.1) is 22.3 Å². The summed E-state index contributed by atoms with van der Waals surface area (Å²) in [5.41, 5.74) is 15.7. The van der Waals surface area contributed by atoms with Gasteiger partial charge in [0.25, 0.3) is 0 Å². The summed E-state index contributed by atoms with van der Waals surface area (Å²) in [6.45, 7) is 0.866. The van der Waals surface area contributed by atoms with Gasteiger partial charge < -0.3 is 9.88 Å². The van der Waals surface area contributed by atoms with Gasteiger partial charge in [-0.25, -0.2) is 0 Å². The Labute approximate surface area is 285 Å². The molecule has 1 N–H and O–H groups in total. The zero-order valence-corrected chi connectivity index (χ0v) is 26.8. The van der Waals surface area contributed by atoms with Crippen LogP contribution in [0.3, 0.4) is 0 Å².